The van der Waals surface area contributed by atoms with Crippen LogP contribution in [-0.4, -0.2) is 17.9 Å². The maximum Gasteiger partial charge on any atom is 0.228 e. The number of para-hydroxylation sites is 1. The molecule has 1 aliphatic rings. The standard InChI is InChI=1S/C14H18N2O2/c1-9(2)15-13(17)11-8-12(11)14(18)16-10-6-4-3-5-7-10/h3-7,9,11-12H,8H2,1-2H3,(H,15,17)(H,16,18). The molecule has 2 N–H and O–H groups in total. The fraction of sp³-hybridized carbons (Fsp3) is 0.429. The van der Waals surface area contributed by atoms with Crippen LogP contribution < -0.4 is 10.6 Å². The normalized spacial score (nSPS) is 21.5. The molecular formula is C14H18N2O2. The molecule has 2 atom stereocenters. The minimum absolute atomic E-state index is 0.0155. The molecule has 1 aliphatic carbocycles. The van der Waals surface area contributed by atoms with Gasteiger partial charge in [0.05, 0.1) is 11.8 Å². The molecule has 2 unspecified atom stereocenters. The number of amides is 2. The largest absolute Gasteiger partial charge is 0.354 e. The summed E-state index contributed by atoms with van der Waals surface area (Å²) in [6.07, 6.45) is 0.650. The number of anilines is 1. The molecule has 0 saturated heterocycles. The topological polar surface area (TPSA) is 58.2 Å². The lowest BCUT2D eigenvalue weighted by molar-refractivity contribution is -0.125. The highest BCUT2D eigenvalue weighted by Crippen LogP contribution is 2.39. The molecule has 4 heteroatoms. The van der Waals surface area contributed by atoms with Crippen molar-refractivity contribution in [3.8, 4) is 0 Å². The quantitative estimate of drug-likeness (QED) is 0.851. The number of carbonyl (C=O) groups is 2. The van der Waals surface area contributed by atoms with Gasteiger partial charge in [-0.15, -0.1) is 0 Å². The molecule has 1 aromatic carbocycles. The van der Waals surface area contributed by atoms with Crippen molar-refractivity contribution in [2.45, 2.75) is 26.3 Å². The van der Waals surface area contributed by atoms with E-state index in [4.69, 9.17) is 0 Å². The minimum Gasteiger partial charge on any atom is -0.354 e. The number of hydrogen-bond acceptors (Lipinski definition) is 2. The summed E-state index contributed by atoms with van der Waals surface area (Å²) in [5, 5.41) is 5.66. The summed E-state index contributed by atoms with van der Waals surface area (Å²) >= 11 is 0. The van der Waals surface area contributed by atoms with Gasteiger partial charge in [0.2, 0.25) is 11.8 Å². The van der Waals surface area contributed by atoms with E-state index < -0.39 is 0 Å². The number of nitrogens with one attached hydrogen (secondary N) is 2. The highest BCUT2D eigenvalue weighted by Gasteiger charge is 2.48. The summed E-state index contributed by atoms with van der Waals surface area (Å²) in [6, 6.07) is 9.42. The van der Waals surface area contributed by atoms with Gasteiger partial charge >= 0.3 is 0 Å². The van der Waals surface area contributed by atoms with E-state index in [1.807, 2.05) is 44.2 Å². The van der Waals surface area contributed by atoms with Gasteiger partial charge in [-0.2, -0.15) is 0 Å². The second-order valence-corrected chi connectivity index (χ2v) is 4.97. The van der Waals surface area contributed by atoms with Crippen LogP contribution in [0.2, 0.25) is 0 Å². The molecule has 1 fully saturated rings. The minimum atomic E-state index is -0.177. The molecule has 2 amide bonds. The van der Waals surface area contributed by atoms with E-state index in [9.17, 15) is 9.59 Å². The fourth-order valence-corrected chi connectivity index (χ4v) is 1.92. The Morgan fingerprint density at radius 1 is 1.11 bits per heavy atom. The van der Waals surface area contributed by atoms with Crippen LogP contribution in [0.15, 0.2) is 30.3 Å². The van der Waals surface area contributed by atoms with E-state index in [1.54, 1.807) is 0 Å². The van der Waals surface area contributed by atoms with Crippen LogP contribution in [0.4, 0.5) is 5.69 Å². The van der Waals surface area contributed by atoms with Crippen molar-refractivity contribution in [3.05, 3.63) is 30.3 Å². The second kappa shape index (κ2) is 5.21. The third-order valence-corrected chi connectivity index (χ3v) is 2.94. The van der Waals surface area contributed by atoms with Gasteiger partial charge in [0.15, 0.2) is 0 Å². The lowest BCUT2D eigenvalue weighted by atomic mass is 10.2. The average Bonchev–Trinajstić information content (AvgIpc) is 3.09. The van der Waals surface area contributed by atoms with E-state index in [1.165, 1.54) is 0 Å². The van der Waals surface area contributed by atoms with Crippen LogP contribution in [0.1, 0.15) is 20.3 Å². The average molecular weight is 246 g/mol. The SMILES string of the molecule is CC(C)NC(=O)C1CC1C(=O)Nc1ccccc1. The zero-order valence-electron chi connectivity index (χ0n) is 10.6. The van der Waals surface area contributed by atoms with Crippen LogP contribution in [0.25, 0.3) is 0 Å². The van der Waals surface area contributed by atoms with Gasteiger partial charge in [-0.3, -0.25) is 9.59 Å². The molecule has 96 valence electrons. The van der Waals surface area contributed by atoms with Crippen molar-refractivity contribution >= 4 is 17.5 Å². The number of hydrogen-bond donors (Lipinski definition) is 2. The number of carbonyl (C=O) groups excluding carboxylic acids is 2. The molecular weight excluding hydrogens is 228 g/mol. The molecule has 1 aromatic rings. The maximum absolute atomic E-state index is 11.9. The maximum atomic E-state index is 11.9. The summed E-state index contributed by atoms with van der Waals surface area (Å²) in [4.78, 5) is 23.6. The smallest absolute Gasteiger partial charge is 0.228 e. The van der Waals surface area contributed by atoms with Crippen LogP contribution >= 0.6 is 0 Å². The summed E-state index contributed by atoms with van der Waals surface area (Å²) in [5.74, 6) is -0.414. The highest BCUT2D eigenvalue weighted by molar-refractivity contribution is 5.99. The van der Waals surface area contributed by atoms with Gasteiger partial charge in [-0.05, 0) is 32.4 Å². The van der Waals surface area contributed by atoms with Gasteiger partial charge in [0.25, 0.3) is 0 Å². The van der Waals surface area contributed by atoms with Crippen molar-refractivity contribution in [1.82, 2.24) is 5.32 Å². The number of benzene rings is 1. The molecule has 0 bridgehead atoms. The van der Waals surface area contributed by atoms with Crippen LogP contribution in [0, 0.1) is 11.8 Å². The van der Waals surface area contributed by atoms with Crippen LogP contribution in [-0.2, 0) is 9.59 Å². The summed E-state index contributed by atoms with van der Waals surface area (Å²) < 4.78 is 0. The van der Waals surface area contributed by atoms with E-state index in [-0.39, 0.29) is 29.7 Å². The molecule has 2 rings (SSSR count). The predicted molar refractivity (Wildman–Crippen MR) is 69.9 cm³/mol. The Morgan fingerprint density at radius 2 is 1.72 bits per heavy atom. The Kier molecular flexibility index (Phi) is 3.65. The zero-order chi connectivity index (χ0) is 13.1. The monoisotopic (exact) mass is 246 g/mol. The highest BCUT2D eigenvalue weighted by atomic mass is 16.2. The van der Waals surface area contributed by atoms with Crippen molar-refractivity contribution in [2.75, 3.05) is 5.32 Å². The third kappa shape index (κ3) is 3.09. The molecule has 18 heavy (non-hydrogen) atoms. The van der Waals surface area contributed by atoms with E-state index in [2.05, 4.69) is 10.6 Å². The van der Waals surface area contributed by atoms with Crippen molar-refractivity contribution in [2.24, 2.45) is 11.8 Å². The van der Waals surface area contributed by atoms with Crippen LogP contribution in [0.5, 0.6) is 0 Å². The van der Waals surface area contributed by atoms with Crippen molar-refractivity contribution in [3.63, 3.8) is 0 Å². The van der Waals surface area contributed by atoms with Gasteiger partial charge in [-0.1, -0.05) is 18.2 Å². The Hall–Kier alpha value is -1.84. The summed E-state index contributed by atoms with van der Waals surface area (Å²) in [5.41, 5.74) is 0.775. The fourth-order valence-electron chi connectivity index (χ4n) is 1.92. The van der Waals surface area contributed by atoms with Gasteiger partial charge < -0.3 is 10.6 Å². The van der Waals surface area contributed by atoms with E-state index in [0.29, 0.717) is 6.42 Å². The Labute approximate surface area is 107 Å². The molecule has 0 aromatic heterocycles. The Morgan fingerprint density at radius 3 is 2.33 bits per heavy atom. The van der Waals surface area contributed by atoms with Crippen LogP contribution in [0.3, 0.4) is 0 Å². The zero-order valence-corrected chi connectivity index (χ0v) is 10.6. The summed E-state index contributed by atoms with van der Waals surface area (Å²) in [6.45, 7) is 3.83. The number of rotatable bonds is 4. The van der Waals surface area contributed by atoms with Crippen molar-refractivity contribution in [1.29, 1.82) is 0 Å². The van der Waals surface area contributed by atoms with E-state index >= 15 is 0 Å². The summed E-state index contributed by atoms with van der Waals surface area (Å²) in [7, 11) is 0. The first-order valence-corrected chi connectivity index (χ1v) is 6.24. The molecule has 0 radical (unpaired) electrons. The van der Waals surface area contributed by atoms with Crippen molar-refractivity contribution < 1.29 is 9.59 Å². The molecule has 0 spiro atoms. The van der Waals surface area contributed by atoms with Gasteiger partial charge in [0.1, 0.15) is 0 Å². The first-order chi connectivity index (χ1) is 8.58. The van der Waals surface area contributed by atoms with E-state index in [0.717, 1.165) is 5.69 Å². The third-order valence-electron chi connectivity index (χ3n) is 2.94. The van der Waals surface area contributed by atoms with Gasteiger partial charge in [0, 0.05) is 11.7 Å². The molecule has 1 saturated carbocycles. The van der Waals surface area contributed by atoms with Gasteiger partial charge in [-0.25, -0.2) is 0 Å². The predicted octanol–water partition coefficient (Wildman–Crippen LogP) is 1.79. The Balaban J connectivity index is 1.84. The molecule has 0 aliphatic heterocycles. The Bertz CT molecular complexity index is 442. The lowest BCUT2D eigenvalue weighted by Crippen LogP contribution is -2.32. The first-order valence-electron chi connectivity index (χ1n) is 6.24. The first kappa shape index (κ1) is 12.6. The molecule has 0 heterocycles. The lowest BCUT2D eigenvalue weighted by Gasteiger charge is -2.08. The second-order valence-electron chi connectivity index (χ2n) is 4.97. The molecule has 4 nitrogen and oxygen atoms in total.